The lowest BCUT2D eigenvalue weighted by atomic mass is 10.0. The molecule has 0 saturated carbocycles. The van der Waals surface area contributed by atoms with Crippen molar-refractivity contribution in [2.75, 3.05) is 25.5 Å². The molecule has 0 radical (unpaired) electrons. The number of carbonyl (C=O) groups excluding carboxylic acids is 1. The summed E-state index contributed by atoms with van der Waals surface area (Å²) in [7, 11) is 0. The minimum absolute atomic E-state index is 0.238. The molecule has 1 aromatic rings. The van der Waals surface area contributed by atoms with Crippen LogP contribution in [0.15, 0.2) is 0 Å². The largest absolute Gasteiger partial charge is 0.444 e. The fraction of sp³-hybridized carbons (Fsp3) is 0.667. The van der Waals surface area contributed by atoms with Gasteiger partial charge >= 0.3 is 6.09 Å². The summed E-state index contributed by atoms with van der Waals surface area (Å²) in [6.07, 6.45) is 2.10. The van der Waals surface area contributed by atoms with Crippen molar-refractivity contribution in [3.63, 3.8) is 0 Å². The fourth-order valence-electron chi connectivity index (χ4n) is 3.61. The van der Waals surface area contributed by atoms with E-state index in [1.165, 1.54) is 0 Å². The number of nitrogens with zero attached hydrogens (tertiary/aromatic N) is 3. The fourth-order valence-corrected chi connectivity index (χ4v) is 3.61. The smallest absolute Gasteiger partial charge is 0.410 e. The van der Waals surface area contributed by atoms with Crippen LogP contribution >= 0.6 is 0 Å². The molecule has 1 fully saturated rings. The number of carbonyl (C=O) groups is 1. The van der Waals surface area contributed by atoms with Gasteiger partial charge in [-0.05, 0) is 33.6 Å². The number of rotatable bonds is 1. The number of nitrogen functional groups attached to an aromatic ring is 1. The number of ether oxygens (including phenoxy) is 2. The van der Waals surface area contributed by atoms with Gasteiger partial charge in [-0.3, -0.25) is 0 Å². The van der Waals surface area contributed by atoms with Crippen molar-refractivity contribution >= 4 is 11.8 Å². The van der Waals surface area contributed by atoms with Gasteiger partial charge < -0.3 is 24.7 Å². The summed E-state index contributed by atoms with van der Waals surface area (Å²) in [5.74, 6) is 0. The van der Waals surface area contributed by atoms with Crippen LogP contribution in [-0.4, -0.2) is 40.9 Å². The number of amides is 1. The number of hydrogen-bond donors (Lipinski definition) is 1. The average Bonchev–Trinajstić information content (AvgIpc) is 2.85. The molecule has 2 N–H and O–H groups in total. The van der Waals surface area contributed by atoms with Crippen molar-refractivity contribution in [1.82, 2.24) is 9.47 Å². The van der Waals surface area contributed by atoms with E-state index in [1.807, 2.05) is 20.8 Å². The molecule has 0 spiro atoms. The molecule has 0 aromatic carbocycles. The van der Waals surface area contributed by atoms with Gasteiger partial charge in [0.2, 0.25) is 0 Å². The minimum atomic E-state index is -0.533. The number of aromatic nitrogens is 1. The Bertz CT molecular complexity index is 705. The Balaban J connectivity index is 1.89. The predicted octanol–water partition coefficient (Wildman–Crippen LogP) is 2.59. The maximum Gasteiger partial charge on any atom is 0.410 e. The Morgan fingerprint density at radius 3 is 2.64 bits per heavy atom. The normalized spacial score (nSPS) is 18.6. The van der Waals surface area contributed by atoms with E-state index in [-0.39, 0.29) is 12.1 Å². The van der Waals surface area contributed by atoms with E-state index in [1.54, 1.807) is 4.90 Å². The molecule has 0 bridgehead atoms. The van der Waals surface area contributed by atoms with Crippen LogP contribution in [0, 0.1) is 11.3 Å². The lowest BCUT2D eigenvalue weighted by Crippen LogP contribution is -2.40. The summed E-state index contributed by atoms with van der Waals surface area (Å²) in [5, 5.41) is 9.62. The van der Waals surface area contributed by atoms with Gasteiger partial charge in [-0.15, -0.1) is 0 Å². The van der Waals surface area contributed by atoms with E-state index in [0.717, 1.165) is 24.1 Å². The average molecular weight is 346 g/mol. The molecule has 25 heavy (non-hydrogen) atoms. The summed E-state index contributed by atoms with van der Waals surface area (Å²) in [4.78, 5) is 14.0. The molecule has 3 rings (SSSR count). The lowest BCUT2D eigenvalue weighted by Gasteiger charge is -2.32. The van der Waals surface area contributed by atoms with Gasteiger partial charge in [-0.2, -0.15) is 5.26 Å². The SMILES string of the molecule is CC(C)(C)OC(=O)N1CCc2c(c(N)c(C#N)n2C2CCOCC2)C1. The van der Waals surface area contributed by atoms with Gasteiger partial charge in [0.15, 0.2) is 0 Å². The first-order chi connectivity index (χ1) is 11.8. The van der Waals surface area contributed by atoms with Crippen molar-refractivity contribution in [3.8, 4) is 6.07 Å². The standard InChI is InChI=1S/C18H26N4O3/c1-18(2,3)25-17(23)21-7-4-14-13(11-21)16(20)15(10-19)22(14)12-5-8-24-9-6-12/h12H,4-9,11,20H2,1-3H3. The van der Waals surface area contributed by atoms with Crippen LogP contribution in [0.1, 0.15) is 56.6 Å². The summed E-state index contributed by atoms with van der Waals surface area (Å²) < 4.78 is 13.0. The van der Waals surface area contributed by atoms with Crippen LogP contribution in [0.2, 0.25) is 0 Å². The van der Waals surface area contributed by atoms with Crippen molar-refractivity contribution < 1.29 is 14.3 Å². The molecule has 2 aliphatic heterocycles. The topological polar surface area (TPSA) is 93.5 Å². The van der Waals surface area contributed by atoms with Crippen LogP contribution in [0.5, 0.6) is 0 Å². The third-order valence-corrected chi connectivity index (χ3v) is 4.74. The molecule has 1 aromatic heterocycles. The van der Waals surface area contributed by atoms with Crippen LogP contribution < -0.4 is 5.73 Å². The third-order valence-electron chi connectivity index (χ3n) is 4.74. The highest BCUT2D eigenvalue weighted by molar-refractivity contribution is 5.70. The van der Waals surface area contributed by atoms with Crippen LogP contribution in [-0.2, 0) is 22.4 Å². The van der Waals surface area contributed by atoms with E-state index in [2.05, 4.69) is 10.6 Å². The number of nitrogens with two attached hydrogens (primary N) is 1. The van der Waals surface area contributed by atoms with E-state index < -0.39 is 5.60 Å². The zero-order chi connectivity index (χ0) is 18.2. The van der Waals surface area contributed by atoms with Crippen molar-refractivity contribution in [2.45, 2.75) is 58.2 Å². The number of nitriles is 1. The van der Waals surface area contributed by atoms with Crippen LogP contribution in [0.25, 0.3) is 0 Å². The van der Waals surface area contributed by atoms with Crippen molar-refractivity contribution in [2.24, 2.45) is 0 Å². The second-order valence-electron chi connectivity index (χ2n) is 7.66. The molecule has 136 valence electrons. The summed E-state index contributed by atoms with van der Waals surface area (Å²) in [5.41, 5.74) is 8.73. The first-order valence-electron chi connectivity index (χ1n) is 8.79. The van der Waals surface area contributed by atoms with Gasteiger partial charge in [0, 0.05) is 43.5 Å². The Morgan fingerprint density at radius 1 is 1.36 bits per heavy atom. The zero-order valence-corrected chi connectivity index (χ0v) is 15.2. The second kappa shape index (κ2) is 6.60. The van der Waals surface area contributed by atoms with Gasteiger partial charge in [-0.25, -0.2) is 4.79 Å². The highest BCUT2D eigenvalue weighted by Gasteiger charge is 2.33. The molecule has 2 aliphatic rings. The van der Waals surface area contributed by atoms with Gasteiger partial charge in [0.1, 0.15) is 17.4 Å². The second-order valence-corrected chi connectivity index (χ2v) is 7.66. The number of fused-ring (bicyclic) bond motifs is 1. The predicted molar refractivity (Wildman–Crippen MR) is 93.0 cm³/mol. The molecule has 1 amide bonds. The molecule has 0 unspecified atom stereocenters. The first-order valence-corrected chi connectivity index (χ1v) is 8.79. The monoisotopic (exact) mass is 346 g/mol. The highest BCUT2D eigenvalue weighted by atomic mass is 16.6. The Morgan fingerprint density at radius 2 is 2.04 bits per heavy atom. The number of hydrogen-bond acceptors (Lipinski definition) is 5. The molecular weight excluding hydrogens is 320 g/mol. The molecule has 1 saturated heterocycles. The van der Waals surface area contributed by atoms with Crippen molar-refractivity contribution in [1.29, 1.82) is 5.26 Å². The quantitative estimate of drug-likeness (QED) is 0.843. The van der Waals surface area contributed by atoms with Crippen LogP contribution in [0.4, 0.5) is 10.5 Å². The molecule has 7 nitrogen and oxygen atoms in total. The van der Waals surface area contributed by atoms with E-state index >= 15 is 0 Å². The maximum absolute atomic E-state index is 12.4. The van der Waals surface area contributed by atoms with Crippen molar-refractivity contribution in [3.05, 3.63) is 17.0 Å². The summed E-state index contributed by atoms with van der Waals surface area (Å²) >= 11 is 0. The minimum Gasteiger partial charge on any atom is -0.444 e. The molecule has 3 heterocycles. The Hall–Kier alpha value is -2.20. The van der Waals surface area contributed by atoms with E-state index in [9.17, 15) is 10.1 Å². The van der Waals surface area contributed by atoms with Gasteiger partial charge in [0.05, 0.1) is 12.2 Å². The molecule has 0 atom stereocenters. The van der Waals surface area contributed by atoms with Gasteiger partial charge in [0.25, 0.3) is 0 Å². The molecule has 0 aliphatic carbocycles. The highest BCUT2D eigenvalue weighted by Crippen LogP contribution is 2.36. The third kappa shape index (κ3) is 3.45. The van der Waals surface area contributed by atoms with Gasteiger partial charge in [-0.1, -0.05) is 0 Å². The summed E-state index contributed by atoms with van der Waals surface area (Å²) in [6, 6.07) is 2.50. The number of anilines is 1. The maximum atomic E-state index is 12.4. The first kappa shape index (κ1) is 17.6. The zero-order valence-electron chi connectivity index (χ0n) is 15.2. The van der Waals surface area contributed by atoms with E-state index in [4.69, 9.17) is 15.2 Å². The molecular formula is C18H26N4O3. The molecule has 7 heteroatoms. The lowest BCUT2D eigenvalue weighted by molar-refractivity contribution is 0.0221. The summed E-state index contributed by atoms with van der Waals surface area (Å²) in [6.45, 7) is 7.91. The Labute approximate surface area is 148 Å². The van der Waals surface area contributed by atoms with Crippen LogP contribution in [0.3, 0.4) is 0 Å². The Kier molecular flexibility index (Phi) is 4.65. The van der Waals surface area contributed by atoms with E-state index in [0.29, 0.717) is 44.1 Å².